The number of nitrogens with one attached hydrogen (secondary N) is 1. The van der Waals surface area contributed by atoms with E-state index in [2.05, 4.69) is 57.2 Å². The summed E-state index contributed by atoms with van der Waals surface area (Å²) < 4.78 is 24.3. The predicted molar refractivity (Wildman–Crippen MR) is 194 cm³/mol. The first kappa shape index (κ1) is 33.5. The molecule has 1 N–H and O–H groups in total. The van der Waals surface area contributed by atoms with Crippen LogP contribution in [-0.2, 0) is 24.3 Å². The maximum absolute atomic E-state index is 14.4. The van der Waals surface area contributed by atoms with E-state index in [0.29, 0.717) is 42.9 Å². The molecule has 2 fully saturated rings. The SMILES string of the molecule is COc1cc(CN2CCC(CCN3CCC(Nc4nc5ccccc5n4Cc4ccoc4)CC3)(Cc3ccccc3)C2=O)cc(OC)c1OC. The Bertz CT molecular complexity index is 1860. The highest BCUT2D eigenvalue weighted by atomic mass is 16.5. The van der Waals surface area contributed by atoms with Crippen LogP contribution in [0.2, 0.25) is 0 Å². The van der Waals surface area contributed by atoms with Gasteiger partial charge >= 0.3 is 0 Å². The van der Waals surface area contributed by atoms with Gasteiger partial charge in [-0.1, -0.05) is 42.5 Å². The summed E-state index contributed by atoms with van der Waals surface area (Å²) in [7, 11) is 4.83. The fourth-order valence-corrected chi connectivity index (χ4v) is 7.73. The number of methoxy groups -OCH3 is 3. The number of piperidine rings is 1. The van der Waals surface area contributed by atoms with Crippen LogP contribution in [0.15, 0.2) is 89.7 Å². The second-order valence-corrected chi connectivity index (χ2v) is 13.6. The summed E-state index contributed by atoms with van der Waals surface area (Å²) in [6, 6.07) is 25.0. The van der Waals surface area contributed by atoms with Crippen LogP contribution < -0.4 is 19.5 Å². The summed E-state index contributed by atoms with van der Waals surface area (Å²) in [5.74, 6) is 2.87. The Labute approximate surface area is 293 Å². The quantitative estimate of drug-likeness (QED) is 0.140. The van der Waals surface area contributed by atoms with E-state index in [-0.39, 0.29) is 5.91 Å². The molecule has 3 aromatic carbocycles. The minimum absolute atomic E-state index is 0.225. The second-order valence-electron chi connectivity index (χ2n) is 13.6. The Morgan fingerprint density at radius 3 is 2.30 bits per heavy atom. The van der Waals surface area contributed by atoms with Gasteiger partial charge in [0.05, 0.1) is 56.8 Å². The number of furan rings is 1. The fourth-order valence-electron chi connectivity index (χ4n) is 7.73. The van der Waals surface area contributed by atoms with E-state index in [4.69, 9.17) is 23.6 Å². The van der Waals surface area contributed by atoms with E-state index in [9.17, 15) is 4.79 Å². The molecule has 2 aromatic heterocycles. The lowest BCUT2D eigenvalue weighted by Gasteiger charge is -2.35. The molecule has 2 aliphatic heterocycles. The molecule has 5 aromatic rings. The monoisotopic (exact) mass is 677 g/mol. The number of fused-ring (bicyclic) bond motifs is 1. The van der Waals surface area contributed by atoms with Gasteiger partial charge in [0.15, 0.2) is 11.5 Å². The van der Waals surface area contributed by atoms with Crippen molar-refractivity contribution in [3.63, 3.8) is 0 Å². The third-order valence-electron chi connectivity index (χ3n) is 10.5. The molecule has 50 heavy (non-hydrogen) atoms. The fraction of sp³-hybridized carbons (Fsp3) is 0.400. The van der Waals surface area contributed by atoms with Crippen molar-refractivity contribution >= 4 is 22.9 Å². The Kier molecular flexibility index (Phi) is 9.98. The van der Waals surface area contributed by atoms with Crippen LogP contribution in [0.5, 0.6) is 17.2 Å². The van der Waals surface area contributed by atoms with Crippen LogP contribution in [-0.4, -0.2) is 78.8 Å². The molecule has 0 bridgehead atoms. The minimum Gasteiger partial charge on any atom is -0.493 e. The molecule has 2 aliphatic rings. The standard InChI is InChI=1S/C40H47N5O5/c1-47-35-23-31(24-36(48-2)37(35)49-3)26-44-21-17-40(38(44)46,25-29-9-5-4-6-10-29)16-20-43-18-13-32(14-19-43)41-39-42-33-11-7-8-12-34(33)45(39)27-30-15-22-50-28-30/h4-12,15,22-24,28,32H,13-14,16-21,25-27H2,1-3H3,(H,41,42). The van der Waals surface area contributed by atoms with Gasteiger partial charge in [-0.05, 0) is 80.1 Å². The molecule has 0 saturated carbocycles. The number of likely N-dealkylation sites (tertiary alicyclic amines) is 2. The van der Waals surface area contributed by atoms with Crippen LogP contribution in [0, 0.1) is 5.41 Å². The molecule has 262 valence electrons. The largest absolute Gasteiger partial charge is 0.493 e. The average molecular weight is 678 g/mol. The van der Waals surface area contributed by atoms with Crippen LogP contribution >= 0.6 is 0 Å². The molecule has 2 saturated heterocycles. The molecule has 0 spiro atoms. The van der Waals surface area contributed by atoms with Gasteiger partial charge in [0.25, 0.3) is 0 Å². The number of anilines is 1. The normalized spacial score (nSPS) is 18.5. The molecule has 0 radical (unpaired) electrons. The highest BCUT2D eigenvalue weighted by Crippen LogP contribution is 2.42. The van der Waals surface area contributed by atoms with Crippen molar-refractivity contribution in [1.29, 1.82) is 0 Å². The van der Waals surface area contributed by atoms with Crippen molar-refractivity contribution in [3.05, 3.63) is 102 Å². The van der Waals surface area contributed by atoms with Gasteiger partial charge in [-0.15, -0.1) is 0 Å². The molecule has 7 rings (SSSR count). The molecular formula is C40H47N5O5. The van der Waals surface area contributed by atoms with Crippen LogP contribution in [0.25, 0.3) is 11.0 Å². The molecular weight excluding hydrogens is 630 g/mol. The number of imidazole rings is 1. The lowest BCUT2D eigenvalue weighted by atomic mass is 9.77. The molecule has 10 nitrogen and oxygen atoms in total. The summed E-state index contributed by atoms with van der Waals surface area (Å²) in [6.45, 7) is 4.76. The van der Waals surface area contributed by atoms with E-state index in [1.54, 1.807) is 33.9 Å². The lowest BCUT2D eigenvalue weighted by molar-refractivity contribution is -0.137. The topological polar surface area (TPSA) is 94.2 Å². The molecule has 4 heterocycles. The number of benzene rings is 3. The molecule has 1 unspecified atom stereocenters. The summed E-state index contributed by atoms with van der Waals surface area (Å²) in [5, 5.41) is 3.78. The van der Waals surface area contributed by atoms with Crippen LogP contribution in [0.4, 0.5) is 5.95 Å². The van der Waals surface area contributed by atoms with Crippen molar-refractivity contribution in [2.24, 2.45) is 5.41 Å². The predicted octanol–water partition coefficient (Wildman–Crippen LogP) is 6.63. The van der Waals surface area contributed by atoms with Crippen molar-refractivity contribution in [1.82, 2.24) is 19.4 Å². The van der Waals surface area contributed by atoms with E-state index >= 15 is 0 Å². The van der Waals surface area contributed by atoms with Gasteiger partial charge in [-0.3, -0.25) is 4.79 Å². The zero-order valence-electron chi connectivity index (χ0n) is 29.3. The van der Waals surface area contributed by atoms with Crippen LogP contribution in [0.3, 0.4) is 0 Å². The Morgan fingerprint density at radius 2 is 1.60 bits per heavy atom. The molecule has 1 amide bonds. The highest BCUT2D eigenvalue weighted by molar-refractivity contribution is 5.85. The van der Waals surface area contributed by atoms with E-state index in [1.165, 1.54) is 5.56 Å². The number of hydrogen-bond acceptors (Lipinski definition) is 8. The zero-order chi connectivity index (χ0) is 34.5. The molecule has 0 aliphatic carbocycles. The summed E-state index contributed by atoms with van der Waals surface area (Å²) in [6.07, 6.45) is 7.94. The smallest absolute Gasteiger partial charge is 0.229 e. The van der Waals surface area contributed by atoms with Gasteiger partial charge in [0, 0.05) is 37.8 Å². The van der Waals surface area contributed by atoms with Gasteiger partial charge in [0.2, 0.25) is 17.6 Å². The van der Waals surface area contributed by atoms with Crippen molar-refractivity contribution < 1.29 is 23.4 Å². The first-order valence-corrected chi connectivity index (χ1v) is 17.6. The highest BCUT2D eigenvalue weighted by Gasteiger charge is 2.46. The number of nitrogens with zero attached hydrogens (tertiary/aromatic N) is 4. The summed E-state index contributed by atoms with van der Waals surface area (Å²) in [4.78, 5) is 23.9. The van der Waals surface area contributed by atoms with Gasteiger partial charge in [-0.25, -0.2) is 4.98 Å². The number of carbonyl (C=O) groups excluding carboxylic acids is 1. The summed E-state index contributed by atoms with van der Waals surface area (Å²) >= 11 is 0. The maximum atomic E-state index is 14.4. The molecule has 10 heteroatoms. The van der Waals surface area contributed by atoms with E-state index in [1.807, 2.05) is 35.2 Å². The zero-order valence-corrected chi connectivity index (χ0v) is 29.3. The number of ether oxygens (including phenoxy) is 3. The third kappa shape index (κ3) is 7.03. The Morgan fingerprint density at radius 1 is 0.860 bits per heavy atom. The number of hydrogen-bond donors (Lipinski definition) is 1. The van der Waals surface area contributed by atoms with E-state index in [0.717, 1.165) is 79.8 Å². The van der Waals surface area contributed by atoms with E-state index < -0.39 is 5.41 Å². The Balaban J connectivity index is 1.01. The first-order chi connectivity index (χ1) is 24.5. The second kappa shape index (κ2) is 14.9. The average Bonchev–Trinajstić information content (AvgIpc) is 3.87. The number of carbonyl (C=O) groups is 1. The lowest BCUT2D eigenvalue weighted by Crippen LogP contribution is -2.43. The number of para-hydroxylation sites is 2. The maximum Gasteiger partial charge on any atom is 0.229 e. The van der Waals surface area contributed by atoms with Crippen molar-refractivity contribution in [2.45, 2.75) is 51.2 Å². The summed E-state index contributed by atoms with van der Waals surface area (Å²) in [5.41, 5.74) is 4.92. The van der Waals surface area contributed by atoms with Gasteiger partial charge in [-0.2, -0.15) is 0 Å². The first-order valence-electron chi connectivity index (χ1n) is 17.6. The number of aromatic nitrogens is 2. The van der Waals surface area contributed by atoms with Crippen LogP contribution in [0.1, 0.15) is 42.4 Å². The number of amides is 1. The Hall–Kier alpha value is -4.96. The minimum atomic E-state index is -0.449. The third-order valence-corrected chi connectivity index (χ3v) is 10.5. The number of rotatable bonds is 14. The van der Waals surface area contributed by atoms with Crippen molar-refractivity contribution in [3.8, 4) is 17.2 Å². The molecule has 1 atom stereocenters. The van der Waals surface area contributed by atoms with Gasteiger partial charge in [0.1, 0.15) is 0 Å². The van der Waals surface area contributed by atoms with Crippen molar-refractivity contribution in [2.75, 3.05) is 52.8 Å². The van der Waals surface area contributed by atoms with Gasteiger partial charge < -0.3 is 38.3 Å².